The minimum atomic E-state index is -0.651. The number of halogens is 1. The van der Waals surface area contributed by atoms with Crippen LogP contribution in [0.25, 0.3) is 0 Å². The third kappa shape index (κ3) is 2.73. The molecule has 0 bridgehead atoms. The molecule has 0 aliphatic carbocycles. The van der Waals surface area contributed by atoms with Crippen molar-refractivity contribution in [2.24, 2.45) is 5.73 Å². The number of aliphatic hydroxyl groups excluding tert-OH is 1. The predicted octanol–water partition coefficient (Wildman–Crippen LogP) is 2.52. The standard InChI is InChI=1S/C13H20ClNO2/c1-8-7-10(17-4)11(9(2)12(8)14)13(3,15)5-6-16/h7,16H,5-6,15H2,1-4H3. The number of aryl methyl sites for hydroxylation is 1. The van der Waals surface area contributed by atoms with Crippen LogP contribution in [-0.4, -0.2) is 18.8 Å². The lowest BCUT2D eigenvalue weighted by Crippen LogP contribution is -2.35. The second-order valence-corrected chi connectivity index (χ2v) is 4.98. The van der Waals surface area contributed by atoms with Crippen LogP contribution in [-0.2, 0) is 5.54 Å². The maximum Gasteiger partial charge on any atom is 0.124 e. The van der Waals surface area contributed by atoms with E-state index >= 15 is 0 Å². The van der Waals surface area contributed by atoms with E-state index in [1.807, 2.05) is 26.8 Å². The average molecular weight is 258 g/mol. The van der Waals surface area contributed by atoms with E-state index in [1.165, 1.54) is 0 Å². The highest BCUT2D eigenvalue weighted by atomic mass is 35.5. The zero-order valence-corrected chi connectivity index (χ0v) is 11.6. The SMILES string of the molecule is COc1cc(C)c(Cl)c(C)c1C(C)(N)CCO. The summed E-state index contributed by atoms with van der Waals surface area (Å²) in [7, 11) is 1.61. The molecule has 0 saturated carbocycles. The van der Waals surface area contributed by atoms with Crippen LogP contribution in [0.15, 0.2) is 6.07 Å². The Morgan fingerprint density at radius 1 is 1.47 bits per heavy atom. The van der Waals surface area contributed by atoms with Crippen LogP contribution >= 0.6 is 11.6 Å². The van der Waals surface area contributed by atoms with Gasteiger partial charge < -0.3 is 15.6 Å². The first-order valence-electron chi connectivity index (χ1n) is 5.59. The molecule has 0 heterocycles. The van der Waals surface area contributed by atoms with E-state index in [2.05, 4.69) is 0 Å². The first-order valence-corrected chi connectivity index (χ1v) is 5.97. The molecule has 0 aliphatic rings. The summed E-state index contributed by atoms with van der Waals surface area (Å²) in [6.45, 7) is 5.76. The van der Waals surface area contributed by atoms with E-state index in [-0.39, 0.29) is 6.61 Å². The van der Waals surface area contributed by atoms with Gasteiger partial charge in [-0.05, 0) is 44.4 Å². The zero-order valence-electron chi connectivity index (χ0n) is 10.8. The summed E-state index contributed by atoms with van der Waals surface area (Å²) >= 11 is 6.24. The molecule has 0 aliphatic heterocycles. The van der Waals surface area contributed by atoms with E-state index in [9.17, 15) is 0 Å². The molecule has 4 heteroatoms. The lowest BCUT2D eigenvalue weighted by atomic mass is 9.85. The Bertz CT molecular complexity index is 416. The van der Waals surface area contributed by atoms with Gasteiger partial charge in [0.25, 0.3) is 0 Å². The number of methoxy groups -OCH3 is 1. The summed E-state index contributed by atoms with van der Waals surface area (Å²) in [4.78, 5) is 0. The van der Waals surface area contributed by atoms with E-state index in [0.717, 1.165) is 22.4 Å². The maximum atomic E-state index is 9.09. The van der Waals surface area contributed by atoms with E-state index in [0.29, 0.717) is 11.4 Å². The zero-order chi connectivity index (χ0) is 13.2. The maximum absolute atomic E-state index is 9.09. The second kappa shape index (κ2) is 5.25. The van der Waals surface area contributed by atoms with Gasteiger partial charge >= 0.3 is 0 Å². The van der Waals surface area contributed by atoms with Gasteiger partial charge in [-0.2, -0.15) is 0 Å². The lowest BCUT2D eigenvalue weighted by Gasteiger charge is -2.29. The van der Waals surface area contributed by atoms with Crippen LogP contribution in [0.4, 0.5) is 0 Å². The highest BCUT2D eigenvalue weighted by molar-refractivity contribution is 6.32. The third-order valence-electron chi connectivity index (χ3n) is 3.07. The van der Waals surface area contributed by atoms with Crippen molar-refractivity contribution in [2.75, 3.05) is 13.7 Å². The first-order chi connectivity index (χ1) is 7.85. The van der Waals surface area contributed by atoms with E-state index in [1.54, 1.807) is 7.11 Å². The number of ether oxygens (including phenoxy) is 1. The van der Waals surface area contributed by atoms with Crippen molar-refractivity contribution in [3.8, 4) is 5.75 Å². The number of nitrogens with two attached hydrogens (primary N) is 1. The second-order valence-electron chi connectivity index (χ2n) is 4.60. The van der Waals surface area contributed by atoms with Crippen LogP contribution in [0.5, 0.6) is 5.75 Å². The highest BCUT2D eigenvalue weighted by Gasteiger charge is 2.28. The molecule has 3 nitrogen and oxygen atoms in total. The summed E-state index contributed by atoms with van der Waals surface area (Å²) in [5, 5.41) is 9.79. The largest absolute Gasteiger partial charge is 0.496 e. The topological polar surface area (TPSA) is 55.5 Å². The van der Waals surface area contributed by atoms with Gasteiger partial charge in [0.2, 0.25) is 0 Å². The van der Waals surface area contributed by atoms with Crippen LogP contribution < -0.4 is 10.5 Å². The van der Waals surface area contributed by atoms with Gasteiger partial charge in [0.05, 0.1) is 7.11 Å². The normalized spacial score (nSPS) is 14.5. The van der Waals surface area contributed by atoms with Gasteiger partial charge in [0, 0.05) is 22.7 Å². The van der Waals surface area contributed by atoms with Crippen LogP contribution in [0, 0.1) is 13.8 Å². The Balaban J connectivity index is 3.45. The predicted molar refractivity (Wildman–Crippen MR) is 70.7 cm³/mol. The number of aliphatic hydroxyl groups is 1. The van der Waals surface area contributed by atoms with Gasteiger partial charge in [-0.1, -0.05) is 11.6 Å². The average Bonchev–Trinajstić information content (AvgIpc) is 2.24. The Labute approximate surface area is 108 Å². The minimum Gasteiger partial charge on any atom is -0.496 e. The highest BCUT2D eigenvalue weighted by Crippen LogP contribution is 2.38. The molecule has 0 amide bonds. The molecular weight excluding hydrogens is 238 g/mol. The smallest absolute Gasteiger partial charge is 0.124 e. The van der Waals surface area contributed by atoms with E-state index in [4.69, 9.17) is 27.2 Å². The summed E-state index contributed by atoms with van der Waals surface area (Å²) in [6.07, 6.45) is 0.462. The van der Waals surface area contributed by atoms with Crippen molar-refractivity contribution in [1.29, 1.82) is 0 Å². The Kier molecular flexibility index (Phi) is 4.42. The molecule has 1 aromatic rings. The molecule has 0 radical (unpaired) electrons. The summed E-state index contributed by atoms with van der Waals surface area (Å²) in [5.41, 5.74) is 8.34. The summed E-state index contributed by atoms with van der Waals surface area (Å²) in [6, 6.07) is 1.88. The number of hydrogen-bond acceptors (Lipinski definition) is 3. The molecule has 1 unspecified atom stereocenters. The number of hydrogen-bond donors (Lipinski definition) is 2. The number of benzene rings is 1. The fraction of sp³-hybridized carbons (Fsp3) is 0.538. The molecule has 1 rings (SSSR count). The molecule has 3 N–H and O–H groups in total. The molecule has 17 heavy (non-hydrogen) atoms. The van der Waals surface area contributed by atoms with Crippen molar-refractivity contribution in [3.05, 3.63) is 27.8 Å². The Hall–Kier alpha value is -0.770. The van der Waals surface area contributed by atoms with Crippen molar-refractivity contribution in [1.82, 2.24) is 0 Å². The minimum absolute atomic E-state index is 0.0289. The molecule has 0 spiro atoms. The Morgan fingerprint density at radius 3 is 2.53 bits per heavy atom. The third-order valence-corrected chi connectivity index (χ3v) is 3.65. The van der Waals surface area contributed by atoms with Gasteiger partial charge in [0.15, 0.2) is 0 Å². The molecule has 1 aromatic carbocycles. The molecule has 0 fully saturated rings. The van der Waals surface area contributed by atoms with Crippen LogP contribution in [0.2, 0.25) is 5.02 Å². The van der Waals surface area contributed by atoms with Crippen molar-refractivity contribution >= 4 is 11.6 Å². The quantitative estimate of drug-likeness (QED) is 0.872. The lowest BCUT2D eigenvalue weighted by molar-refractivity contribution is 0.244. The van der Waals surface area contributed by atoms with Crippen molar-refractivity contribution < 1.29 is 9.84 Å². The van der Waals surface area contributed by atoms with Crippen LogP contribution in [0.3, 0.4) is 0 Å². The van der Waals surface area contributed by atoms with Crippen molar-refractivity contribution in [2.45, 2.75) is 32.7 Å². The van der Waals surface area contributed by atoms with Crippen molar-refractivity contribution in [3.63, 3.8) is 0 Å². The fourth-order valence-corrected chi connectivity index (χ4v) is 2.30. The van der Waals surface area contributed by atoms with Gasteiger partial charge in [-0.3, -0.25) is 0 Å². The molecule has 0 saturated heterocycles. The summed E-state index contributed by atoms with van der Waals surface area (Å²) < 4.78 is 5.37. The molecule has 96 valence electrons. The summed E-state index contributed by atoms with van der Waals surface area (Å²) in [5.74, 6) is 0.725. The number of rotatable bonds is 4. The first kappa shape index (κ1) is 14.3. The van der Waals surface area contributed by atoms with Gasteiger partial charge in [0.1, 0.15) is 5.75 Å². The molecule has 0 aromatic heterocycles. The van der Waals surface area contributed by atoms with E-state index < -0.39 is 5.54 Å². The monoisotopic (exact) mass is 257 g/mol. The molecule has 1 atom stereocenters. The Morgan fingerprint density at radius 2 is 2.06 bits per heavy atom. The van der Waals surface area contributed by atoms with Crippen LogP contribution in [0.1, 0.15) is 30.0 Å². The van der Waals surface area contributed by atoms with Gasteiger partial charge in [-0.15, -0.1) is 0 Å². The molecular formula is C13H20ClNO2. The fourth-order valence-electron chi connectivity index (χ4n) is 2.15. The van der Waals surface area contributed by atoms with Gasteiger partial charge in [-0.25, -0.2) is 0 Å².